The van der Waals surface area contributed by atoms with Gasteiger partial charge in [-0.2, -0.15) is 0 Å². The minimum Gasteiger partial charge on any atom is -0.497 e. The molecule has 0 saturated carbocycles. The predicted molar refractivity (Wildman–Crippen MR) is 85.9 cm³/mol. The van der Waals surface area contributed by atoms with Gasteiger partial charge in [-0.05, 0) is 25.6 Å². The minimum atomic E-state index is 0.345. The Labute approximate surface area is 127 Å². The SMILES string of the molecule is COc1ccc(CN(C)C(C)c2ccccc2)c(OC)c1. The largest absolute Gasteiger partial charge is 0.497 e. The Morgan fingerprint density at radius 3 is 2.33 bits per heavy atom. The third-order valence-electron chi connectivity index (χ3n) is 3.86. The van der Waals surface area contributed by atoms with E-state index >= 15 is 0 Å². The summed E-state index contributed by atoms with van der Waals surface area (Å²) in [7, 11) is 5.48. The molecule has 112 valence electrons. The zero-order chi connectivity index (χ0) is 15.2. The highest BCUT2D eigenvalue weighted by molar-refractivity contribution is 5.40. The number of benzene rings is 2. The quantitative estimate of drug-likeness (QED) is 0.803. The maximum absolute atomic E-state index is 5.47. The monoisotopic (exact) mass is 285 g/mol. The number of ether oxygens (including phenoxy) is 2. The van der Waals surface area contributed by atoms with E-state index in [1.807, 2.05) is 18.2 Å². The van der Waals surface area contributed by atoms with Gasteiger partial charge < -0.3 is 9.47 Å². The second-order valence-electron chi connectivity index (χ2n) is 5.18. The molecule has 0 heterocycles. The maximum atomic E-state index is 5.47. The van der Waals surface area contributed by atoms with Crippen LogP contribution in [0.1, 0.15) is 24.1 Å². The third-order valence-corrected chi connectivity index (χ3v) is 3.86. The van der Waals surface area contributed by atoms with Gasteiger partial charge in [-0.3, -0.25) is 4.90 Å². The van der Waals surface area contributed by atoms with E-state index in [0.29, 0.717) is 6.04 Å². The molecule has 2 aromatic rings. The lowest BCUT2D eigenvalue weighted by molar-refractivity contribution is 0.249. The summed E-state index contributed by atoms with van der Waals surface area (Å²) in [5, 5.41) is 0. The van der Waals surface area contributed by atoms with Crippen molar-refractivity contribution in [3.63, 3.8) is 0 Å². The molecule has 0 aromatic heterocycles. The molecule has 2 aromatic carbocycles. The van der Waals surface area contributed by atoms with Gasteiger partial charge in [0.1, 0.15) is 11.5 Å². The molecular weight excluding hydrogens is 262 g/mol. The summed E-state index contributed by atoms with van der Waals surface area (Å²) in [5.41, 5.74) is 2.47. The number of nitrogens with zero attached hydrogens (tertiary/aromatic N) is 1. The molecule has 0 amide bonds. The van der Waals surface area contributed by atoms with Crippen LogP contribution in [0.2, 0.25) is 0 Å². The smallest absolute Gasteiger partial charge is 0.127 e. The fraction of sp³-hybridized carbons (Fsp3) is 0.333. The van der Waals surface area contributed by atoms with Crippen molar-refractivity contribution in [1.82, 2.24) is 4.90 Å². The predicted octanol–water partition coefficient (Wildman–Crippen LogP) is 3.90. The van der Waals surface area contributed by atoms with Crippen LogP contribution in [0, 0.1) is 0 Å². The van der Waals surface area contributed by atoms with Crippen molar-refractivity contribution < 1.29 is 9.47 Å². The Morgan fingerprint density at radius 1 is 1.00 bits per heavy atom. The lowest BCUT2D eigenvalue weighted by Gasteiger charge is -2.26. The molecule has 0 fully saturated rings. The summed E-state index contributed by atoms with van der Waals surface area (Å²) >= 11 is 0. The van der Waals surface area contributed by atoms with Crippen molar-refractivity contribution in [2.45, 2.75) is 19.5 Å². The summed E-state index contributed by atoms with van der Waals surface area (Å²) in [6, 6.07) is 16.8. The second-order valence-corrected chi connectivity index (χ2v) is 5.18. The van der Waals surface area contributed by atoms with E-state index in [-0.39, 0.29) is 0 Å². The van der Waals surface area contributed by atoms with Gasteiger partial charge in [-0.1, -0.05) is 36.4 Å². The lowest BCUT2D eigenvalue weighted by atomic mass is 10.1. The molecule has 1 unspecified atom stereocenters. The van der Waals surface area contributed by atoms with Gasteiger partial charge in [-0.25, -0.2) is 0 Å². The highest BCUT2D eigenvalue weighted by Gasteiger charge is 2.14. The van der Waals surface area contributed by atoms with Crippen molar-refractivity contribution in [3.8, 4) is 11.5 Å². The van der Waals surface area contributed by atoms with Gasteiger partial charge in [0.2, 0.25) is 0 Å². The van der Waals surface area contributed by atoms with E-state index in [9.17, 15) is 0 Å². The van der Waals surface area contributed by atoms with E-state index in [0.717, 1.165) is 23.6 Å². The van der Waals surface area contributed by atoms with Gasteiger partial charge in [0.15, 0.2) is 0 Å². The Morgan fingerprint density at radius 2 is 1.71 bits per heavy atom. The molecule has 2 rings (SSSR count). The molecule has 0 aliphatic carbocycles. The fourth-order valence-corrected chi connectivity index (χ4v) is 2.37. The van der Waals surface area contributed by atoms with Crippen molar-refractivity contribution in [1.29, 1.82) is 0 Å². The summed E-state index contributed by atoms with van der Waals surface area (Å²) in [6.45, 7) is 3.04. The Hall–Kier alpha value is -2.00. The van der Waals surface area contributed by atoms with E-state index < -0.39 is 0 Å². The standard InChI is InChI=1S/C18H23NO2/c1-14(15-8-6-5-7-9-15)19(2)13-16-10-11-17(20-3)12-18(16)21-4/h5-12,14H,13H2,1-4H3. The minimum absolute atomic E-state index is 0.345. The van der Waals surface area contributed by atoms with E-state index in [4.69, 9.17) is 9.47 Å². The first-order valence-electron chi connectivity index (χ1n) is 7.11. The van der Waals surface area contributed by atoms with Crippen molar-refractivity contribution in [2.24, 2.45) is 0 Å². The molecule has 0 spiro atoms. The lowest BCUT2D eigenvalue weighted by Crippen LogP contribution is -2.22. The van der Waals surface area contributed by atoms with Crippen LogP contribution in [0.15, 0.2) is 48.5 Å². The average molecular weight is 285 g/mol. The van der Waals surface area contributed by atoms with Crippen LogP contribution >= 0.6 is 0 Å². The molecule has 3 nitrogen and oxygen atoms in total. The summed E-state index contributed by atoms with van der Waals surface area (Å²) in [6.07, 6.45) is 0. The van der Waals surface area contributed by atoms with Gasteiger partial charge in [0.25, 0.3) is 0 Å². The molecule has 3 heteroatoms. The van der Waals surface area contributed by atoms with E-state index in [1.54, 1.807) is 14.2 Å². The third kappa shape index (κ3) is 3.76. The van der Waals surface area contributed by atoms with Crippen LogP contribution in [0.3, 0.4) is 0 Å². The molecule has 0 N–H and O–H groups in total. The zero-order valence-electron chi connectivity index (χ0n) is 13.2. The Kier molecular flexibility index (Phi) is 5.23. The summed E-state index contributed by atoms with van der Waals surface area (Å²) in [5.74, 6) is 1.68. The first kappa shape index (κ1) is 15.4. The second kappa shape index (κ2) is 7.14. The molecule has 1 atom stereocenters. The topological polar surface area (TPSA) is 21.7 Å². The molecule has 0 aliphatic heterocycles. The molecule has 0 radical (unpaired) electrons. The van der Waals surface area contributed by atoms with Crippen LogP contribution in [-0.2, 0) is 6.54 Å². The molecule has 0 aliphatic rings. The van der Waals surface area contributed by atoms with Crippen LogP contribution < -0.4 is 9.47 Å². The highest BCUT2D eigenvalue weighted by Crippen LogP contribution is 2.28. The Balaban J connectivity index is 2.14. The van der Waals surface area contributed by atoms with Crippen LogP contribution in [-0.4, -0.2) is 26.2 Å². The maximum Gasteiger partial charge on any atom is 0.127 e. The summed E-state index contributed by atoms with van der Waals surface area (Å²) in [4.78, 5) is 2.31. The number of hydrogen-bond donors (Lipinski definition) is 0. The molecular formula is C18H23NO2. The number of methoxy groups -OCH3 is 2. The number of hydrogen-bond acceptors (Lipinski definition) is 3. The number of rotatable bonds is 6. The van der Waals surface area contributed by atoms with Gasteiger partial charge in [0, 0.05) is 24.2 Å². The van der Waals surface area contributed by atoms with Crippen LogP contribution in [0.4, 0.5) is 0 Å². The van der Waals surface area contributed by atoms with Crippen molar-refractivity contribution >= 4 is 0 Å². The first-order valence-corrected chi connectivity index (χ1v) is 7.11. The van der Waals surface area contributed by atoms with E-state index in [1.165, 1.54) is 5.56 Å². The van der Waals surface area contributed by atoms with Gasteiger partial charge >= 0.3 is 0 Å². The van der Waals surface area contributed by atoms with Gasteiger partial charge in [0.05, 0.1) is 14.2 Å². The van der Waals surface area contributed by atoms with Crippen molar-refractivity contribution in [3.05, 3.63) is 59.7 Å². The zero-order valence-corrected chi connectivity index (χ0v) is 13.2. The molecule has 21 heavy (non-hydrogen) atoms. The fourth-order valence-electron chi connectivity index (χ4n) is 2.37. The normalized spacial score (nSPS) is 12.2. The van der Waals surface area contributed by atoms with Gasteiger partial charge in [-0.15, -0.1) is 0 Å². The van der Waals surface area contributed by atoms with E-state index in [2.05, 4.69) is 49.2 Å². The first-order chi connectivity index (χ1) is 10.2. The van der Waals surface area contributed by atoms with Crippen LogP contribution in [0.5, 0.6) is 11.5 Å². The molecule has 0 saturated heterocycles. The molecule has 0 bridgehead atoms. The van der Waals surface area contributed by atoms with Crippen molar-refractivity contribution in [2.75, 3.05) is 21.3 Å². The highest BCUT2D eigenvalue weighted by atomic mass is 16.5. The Bertz CT molecular complexity index is 569. The van der Waals surface area contributed by atoms with Crippen LogP contribution in [0.25, 0.3) is 0 Å². The average Bonchev–Trinajstić information content (AvgIpc) is 2.55. The summed E-state index contributed by atoms with van der Waals surface area (Å²) < 4.78 is 10.7.